The Morgan fingerprint density at radius 1 is 0.900 bits per heavy atom. The third-order valence-electron chi connectivity index (χ3n) is 3.09. The van der Waals surface area contributed by atoms with Crippen LogP contribution >= 0.6 is 10.7 Å². The molecule has 20 heavy (non-hydrogen) atoms. The summed E-state index contributed by atoms with van der Waals surface area (Å²) in [7, 11) is -2.04. The molecule has 0 aliphatic carbocycles. The van der Waals surface area contributed by atoms with Crippen molar-refractivity contribution in [3.63, 3.8) is 0 Å². The molecule has 0 saturated heterocycles. The van der Waals surface area contributed by atoms with E-state index < -0.39 is 24.1 Å². The Morgan fingerprint density at radius 2 is 1.30 bits per heavy atom. The summed E-state index contributed by atoms with van der Waals surface area (Å²) in [6, 6.07) is 5.07. The molecule has 0 aliphatic rings. The standard InChI is InChI=1S/C13H19ClO4S2/c1-3-5-11(6-4-2)19(15,16)12-7-9-13(10-8-12)20(14,17)18/h7-11H,3-6H2,1-2H3. The fraction of sp³-hybridized carbons (Fsp3) is 0.538. The van der Waals surface area contributed by atoms with E-state index in [2.05, 4.69) is 0 Å². The van der Waals surface area contributed by atoms with Crippen LogP contribution in [-0.2, 0) is 18.9 Å². The van der Waals surface area contributed by atoms with Gasteiger partial charge in [-0.3, -0.25) is 0 Å². The summed E-state index contributed by atoms with van der Waals surface area (Å²) >= 11 is 0. The molecule has 0 fully saturated rings. The van der Waals surface area contributed by atoms with Crippen LogP contribution in [0.25, 0.3) is 0 Å². The molecule has 1 rings (SSSR count). The summed E-state index contributed by atoms with van der Waals surface area (Å²) in [4.78, 5) is 0.0501. The van der Waals surface area contributed by atoms with Gasteiger partial charge in [0, 0.05) is 10.7 Å². The van der Waals surface area contributed by atoms with Crippen molar-refractivity contribution in [3.8, 4) is 0 Å². The average Bonchev–Trinajstić information content (AvgIpc) is 2.37. The van der Waals surface area contributed by atoms with Crippen LogP contribution in [0.4, 0.5) is 0 Å². The summed E-state index contributed by atoms with van der Waals surface area (Å²) in [6.07, 6.45) is 2.79. The third-order valence-corrected chi connectivity index (χ3v) is 6.74. The maximum absolute atomic E-state index is 12.5. The van der Waals surface area contributed by atoms with Crippen LogP contribution in [0.5, 0.6) is 0 Å². The lowest BCUT2D eigenvalue weighted by molar-refractivity contribution is 0.554. The van der Waals surface area contributed by atoms with Crippen molar-refractivity contribution in [1.82, 2.24) is 0 Å². The van der Waals surface area contributed by atoms with Gasteiger partial charge in [0.1, 0.15) is 0 Å². The lowest BCUT2D eigenvalue weighted by Gasteiger charge is -2.16. The van der Waals surface area contributed by atoms with Crippen LogP contribution in [-0.4, -0.2) is 22.1 Å². The fourth-order valence-electron chi connectivity index (χ4n) is 2.08. The zero-order valence-electron chi connectivity index (χ0n) is 11.5. The van der Waals surface area contributed by atoms with Crippen LogP contribution < -0.4 is 0 Å². The molecule has 1 aromatic rings. The van der Waals surface area contributed by atoms with E-state index in [1.165, 1.54) is 24.3 Å². The molecule has 0 aromatic heterocycles. The Bertz CT molecular complexity index is 627. The molecule has 7 heteroatoms. The van der Waals surface area contributed by atoms with Crippen LogP contribution in [0.2, 0.25) is 0 Å². The van der Waals surface area contributed by atoms with E-state index in [9.17, 15) is 16.8 Å². The molecule has 0 bridgehead atoms. The van der Waals surface area contributed by atoms with Gasteiger partial charge < -0.3 is 0 Å². The first-order valence-corrected chi connectivity index (χ1v) is 10.4. The molecule has 4 nitrogen and oxygen atoms in total. The highest BCUT2D eigenvalue weighted by molar-refractivity contribution is 8.13. The van der Waals surface area contributed by atoms with E-state index in [0.29, 0.717) is 12.8 Å². The lowest BCUT2D eigenvalue weighted by Crippen LogP contribution is -2.21. The first-order valence-electron chi connectivity index (χ1n) is 6.52. The van der Waals surface area contributed by atoms with E-state index in [4.69, 9.17) is 10.7 Å². The Morgan fingerprint density at radius 3 is 1.65 bits per heavy atom. The molecule has 0 amide bonds. The Kier molecular flexibility index (Phi) is 6.04. The minimum Gasteiger partial charge on any atom is -0.223 e. The van der Waals surface area contributed by atoms with Gasteiger partial charge >= 0.3 is 0 Å². The number of benzene rings is 1. The van der Waals surface area contributed by atoms with Crippen molar-refractivity contribution >= 4 is 29.6 Å². The highest BCUT2D eigenvalue weighted by atomic mass is 35.7. The number of sulfone groups is 1. The normalized spacial score (nSPS) is 12.8. The van der Waals surface area contributed by atoms with Crippen LogP contribution in [0, 0.1) is 0 Å². The van der Waals surface area contributed by atoms with Gasteiger partial charge in [0.2, 0.25) is 0 Å². The zero-order chi connectivity index (χ0) is 15.4. The summed E-state index contributed by atoms with van der Waals surface area (Å²) in [5.41, 5.74) is 0. The van der Waals surface area contributed by atoms with Crippen LogP contribution in [0.1, 0.15) is 39.5 Å². The van der Waals surface area contributed by atoms with Crippen molar-refractivity contribution in [1.29, 1.82) is 0 Å². The van der Waals surface area contributed by atoms with Gasteiger partial charge in [0.25, 0.3) is 9.05 Å². The topological polar surface area (TPSA) is 68.3 Å². The predicted octanol–water partition coefficient (Wildman–Crippen LogP) is 3.36. The molecule has 0 radical (unpaired) electrons. The van der Waals surface area contributed by atoms with Crippen molar-refractivity contribution in [3.05, 3.63) is 24.3 Å². The molecule has 0 heterocycles. The first-order chi connectivity index (χ1) is 9.23. The van der Waals surface area contributed by atoms with Crippen molar-refractivity contribution in [2.45, 2.75) is 54.6 Å². The molecule has 114 valence electrons. The van der Waals surface area contributed by atoms with Gasteiger partial charge in [0.05, 0.1) is 15.0 Å². The highest BCUT2D eigenvalue weighted by Crippen LogP contribution is 2.25. The highest BCUT2D eigenvalue weighted by Gasteiger charge is 2.26. The molecule has 0 N–H and O–H groups in total. The maximum atomic E-state index is 12.5. The average molecular weight is 339 g/mol. The molecule has 0 unspecified atom stereocenters. The van der Waals surface area contributed by atoms with Gasteiger partial charge in [0.15, 0.2) is 9.84 Å². The summed E-state index contributed by atoms with van der Waals surface area (Å²) in [5, 5.41) is -0.420. The summed E-state index contributed by atoms with van der Waals surface area (Å²) in [6.45, 7) is 3.89. The second-order valence-corrected chi connectivity index (χ2v) is 9.45. The first kappa shape index (κ1) is 17.5. The molecular weight excluding hydrogens is 320 g/mol. The largest absolute Gasteiger partial charge is 0.261 e. The molecule has 0 spiro atoms. The summed E-state index contributed by atoms with van der Waals surface area (Å²) < 4.78 is 47.3. The second kappa shape index (κ2) is 6.91. The van der Waals surface area contributed by atoms with E-state index in [1.54, 1.807) is 0 Å². The van der Waals surface area contributed by atoms with Crippen molar-refractivity contribution < 1.29 is 16.8 Å². The van der Waals surface area contributed by atoms with Crippen LogP contribution in [0.15, 0.2) is 34.1 Å². The third kappa shape index (κ3) is 4.20. The fourth-order valence-corrected chi connectivity index (χ4v) is 4.85. The number of halogens is 1. The predicted molar refractivity (Wildman–Crippen MR) is 80.3 cm³/mol. The molecular formula is C13H19ClO4S2. The SMILES string of the molecule is CCCC(CCC)S(=O)(=O)c1ccc(S(=O)(=O)Cl)cc1. The number of rotatable bonds is 7. The van der Waals surface area contributed by atoms with Crippen molar-refractivity contribution in [2.24, 2.45) is 0 Å². The molecule has 1 aromatic carbocycles. The minimum atomic E-state index is -3.83. The molecule has 0 atom stereocenters. The Labute approximate surface area is 125 Å². The minimum absolute atomic E-state index is 0.0966. The lowest BCUT2D eigenvalue weighted by atomic mass is 10.2. The van der Waals surface area contributed by atoms with Crippen molar-refractivity contribution in [2.75, 3.05) is 0 Å². The maximum Gasteiger partial charge on any atom is 0.261 e. The quantitative estimate of drug-likeness (QED) is 0.715. The Balaban J connectivity index is 3.15. The second-order valence-electron chi connectivity index (χ2n) is 4.65. The number of hydrogen-bond donors (Lipinski definition) is 0. The number of hydrogen-bond acceptors (Lipinski definition) is 4. The van der Waals surface area contributed by atoms with Crippen LogP contribution in [0.3, 0.4) is 0 Å². The summed E-state index contributed by atoms with van der Waals surface area (Å²) in [5.74, 6) is 0. The van der Waals surface area contributed by atoms with E-state index in [0.717, 1.165) is 12.8 Å². The van der Waals surface area contributed by atoms with E-state index in [-0.39, 0.29) is 9.79 Å². The Hall–Kier alpha value is -0.590. The van der Waals surface area contributed by atoms with E-state index >= 15 is 0 Å². The van der Waals surface area contributed by atoms with Gasteiger partial charge in [-0.25, -0.2) is 16.8 Å². The van der Waals surface area contributed by atoms with Gasteiger partial charge in [-0.1, -0.05) is 26.7 Å². The molecule has 0 saturated carbocycles. The van der Waals surface area contributed by atoms with E-state index in [1.807, 2.05) is 13.8 Å². The van der Waals surface area contributed by atoms with Gasteiger partial charge in [-0.05, 0) is 37.1 Å². The zero-order valence-corrected chi connectivity index (χ0v) is 13.9. The van der Waals surface area contributed by atoms with Gasteiger partial charge in [-0.2, -0.15) is 0 Å². The smallest absolute Gasteiger partial charge is 0.223 e. The molecule has 0 aliphatic heterocycles. The van der Waals surface area contributed by atoms with Gasteiger partial charge in [-0.15, -0.1) is 0 Å². The monoisotopic (exact) mass is 338 g/mol.